The fourth-order valence-electron chi connectivity index (χ4n) is 2.95. The maximum Gasteiger partial charge on any atom is 0.261 e. The molecule has 0 saturated carbocycles. The number of halogens is 3. The number of carbonyl (C=O) groups excluding carboxylic acids is 1. The number of hydrogen-bond acceptors (Lipinski definition) is 4. The molecule has 3 aromatic carbocycles. The number of nitrogens with zero attached hydrogens (tertiary/aromatic N) is 2. The SMILES string of the molecule is O=C(Nc1ccc(-n2ccnc2)c(F)c1)c1ccc(NS(=O)(=O)c2ccc(F)c(Cl)c2)cc1. The average molecular weight is 489 g/mol. The molecule has 0 aliphatic rings. The van der Waals surface area contributed by atoms with E-state index in [1.165, 1.54) is 53.5 Å². The van der Waals surface area contributed by atoms with Gasteiger partial charge in [0.25, 0.3) is 15.9 Å². The number of amides is 1. The minimum Gasteiger partial charge on any atom is -0.322 e. The average Bonchev–Trinajstić information content (AvgIpc) is 3.30. The molecular formula is C22H15ClF2N4O3S. The summed E-state index contributed by atoms with van der Waals surface area (Å²) in [6.45, 7) is 0. The molecule has 1 amide bonds. The first-order chi connectivity index (χ1) is 15.7. The lowest BCUT2D eigenvalue weighted by molar-refractivity contribution is 0.102. The van der Waals surface area contributed by atoms with Gasteiger partial charge in [0.2, 0.25) is 0 Å². The Morgan fingerprint density at radius 3 is 2.30 bits per heavy atom. The smallest absolute Gasteiger partial charge is 0.261 e. The van der Waals surface area contributed by atoms with Gasteiger partial charge < -0.3 is 9.88 Å². The summed E-state index contributed by atoms with van der Waals surface area (Å²) in [4.78, 5) is 16.1. The quantitative estimate of drug-likeness (QED) is 0.405. The lowest BCUT2D eigenvalue weighted by Crippen LogP contribution is -2.14. The molecule has 0 spiro atoms. The van der Waals surface area contributed by atoms with Crippen LogP contribution in [0.2, 0.25) is 5.02 Å². The van der Waals surface area contributed by atoms with E-state index in [4.69, 9.17) is 11.6 Å². The molecule has 0 aliphatic carbocycles. The standard InChI is InChI=1S/C22H15ClF2N4O3S/c23-18-12-17(6-7-19(18)24)33(31,32)28-15-3-1-14(2-4-15)22(30)27-16-5-8-21(20(25)11-16)29-10-9-26-13-29/h1-13,28H,(H,27,30). The summed E-state index contributed by atoms with van der Waals surface area (Å²) in [6.07, 6.45) is 4.57. The highest BCUT2D eigenvalue weighted by Gasteiger charge is 2.17. The van der Waals surface area contributed by atoms with E-state index >= 15 is 0 Å². The zero-order valence-electron chi connectivity index (χ0n) is 16.7. The van der Waals surface area contributed by atoms with Crippen LogP contribution in [0.15, 0.2) is 84.3 Å². The molecule has 33 heavy (non-hydrogen) atoms. The highest BCUT2D eigenvalue weighted by molar-refractivity contribution is 7.92. The largest absolute Gasteiger partial charge is 0.322 e. The van der Waals surface area contributed by atoms with Crippen LogP contribution < -0.4 is 10.0 Å². The molecule has 11 heteroatoms. The Balaban J connectivity index is 1.45. The van der Waals surface area contributed by atoms with E-state index in [-0.39, 0.29) is 32.5 Å². The highest BCUT2D eigenvalue weighted by Crippen LogP contribution is 2.23. The first kappa shape index (κ1) is 22.4. The van der Waals surface area contributed by atoms with Crippen molar-refractivity contribution in [3.8, 4) is 5.69 Å². The fourth-order valence-corrected chi connectivity index (χ4v) is 4.28. The minimum atomic E-state index is -4.01. The van der Waals surface area contributed by atoms with Gasteiger partial charge in [0, 0.05) is 29.3 Å². The number of aromatic nitrogens is 2. The van der Waals surface area contributed by atoms with Gasteiger partial charge in [-0.3, -0.25) is 9.52 Å². The molecule has 0 radical (unpaired) electrons. The van der Waals surface area contributed by atoms with Crippen LogP contribution in [0.1, 0.15) is 10.4 Å². The molecule has 1 aromatic heterocycles. The molecule has 2 N–H and O–H groups in total. The summed E-state index contributed by atoms with van der Waals surface area (Å²) in [5, 5.41) is 2.26. The van der Waals surface area contributed by atoms with Gasteiger partial charge in [-0.25, -0.2) is 22.2 Å². The summed E-state index contributed by atoms with van der Waals surface area (Å²) < 4.78 is 56.4. The van der Waals surface area contributed by atoms with Crippen molar-refractivity contribution in [2.45, 2.75) is 4.90 Å². The van der Waals surface area contributed by atoms with Gasteiger partial charge in [-0.2, -0.15) is 0 Å². The summed E-state index contributed by atoms with van der Waals surface area (Å²) in [7, 11) is -4.01. The maximum absolute atomic E-state index is 14.4. The van der Waals surface area contributed by atoms with Gasteiger partial charge in [-0.1, -0.05) is 11.6 Å². The molecule has 0 bridgehead atoms. The van der Waals surface area contributed by atoms with Crippen molar-refractivity contribution in [3.63, 3.8) is 0 Å². The molecule has 168 valence electrons. The van der Waals surface area contributed by atoms with Crippen LogP contribution in [-0.2, 0) is 10.0 Å². The molecule has 0 aliphatic heterocycles. The van der Waals surface area contributed by atoms with Crippen LogP contribution in [0.3, 0.4) is 0 Å². The van der Waals surface area contributed by atoms with Crippen molar-refractivity contribution >= 4 is 38.9 Å². The molecule has 7 nitrogen and oxygen atoms in total. The predicted octanol–water partition coefficient (Wildman–Crippen LogP) is 4.86. The number of carbonyl (C=O) groups is 1. The van der Waals surface area contributed by atoms with Crippen LogP contribution in [0, 0.1) is 11.6 Å². The molecule has 4 aromatic rings. The molecule has 1 heterocycles. The summed E-state index contributed by atoms with van der Waals surface area (Å²) in [6, 6.07) is 12.9. The van der Waals surface area contributed by atoms with E-state index in [0.717, 1.165) is 18.2 Å². The number of imidazole rings is 1. The normalized spacial score (nSPS) is 11.2. The fraction of sp³-hybridized carbons (Fsp3) is 0. The van der Waals surface area contributed by atoms with Crippen LogP contribution in [-0.4, -0.2) is 23.9 Å². The van der Waals surface area contributed by atoms with E-state index in [1.54, 1.807) is 12.3 Å². The Bertz CT molecular complexity index is 1430. The summed E-state index contributed by atoms with van der Waals surface area (Å²) >= 11 is 5.65. The van der Waals surface area contributed by atoms with Crippen molar-refractivity contribution in [2.75, 3.05) is 10.0 Å². The van der Waals surface area contributed by atoms with Gasteiger partial charge in [0.15, 0.2) is 0 Å². The molecule has 0 saturated heterocycles. The zero-order valence-corrected chi connectivity index (χ0v) is 18.2. The number of nitrogens with one attached hydrogen (secondary N) is 2. The second-order valence-corrected chi connectivity index (χ2v) is 8.94. The van der Waals surface area contributed by atoms with Crippen LogP contribution in [0.25, 0.3) is 5.69 Å². The molecule has 0 unspecified atom stereocenters. The van der Waals surface area contributed by atoms with E-state index in [1.807, 2.05) is 0 Å². The maximum atomic E-state index is 14.4. The van der Waals surface area contributed by atoms with Crippen molar-refractivity contribution in [2.24, 2.45) is 0 Å². The van der Waals surface area contributed by atoms with E-state index in [0.29, 0.717) is 0 Å². The predicted molar refractivity (Wildman–Crippen MR) is 120 cm³/mol. The molecule has 0 atom stereocenters. The van der Waals surface area contributed by atoms with Crippen LogP contribution >= 0.6 is 11.6 Å². The zero-order chi connectivity index (χ0) is 23.6. The van der Waals surface area contributed by atoms with Gasteiger partial charge in [0.05, 0.1) is 21.9 Å². The Hall–Kier alpha value is -3.76. The molecule has 0 fully saturated rings. The van der Waals surface area contributed by atoms with E-state index in [9.17, 15) is 22.0 Å². The third kappa shape index (κ3) is 5.02. The third-order valence-electron chi connectivity index (χ3n) is 4.59. The lowest BCUT2D eigenvalue weighted by Gasteiger charge is -2.10. The number of hydrogen-bond donors (Lipinski definition) is 2. The summed E-state index contributed by atoms with van der Waals surface area (Å²) in [5.41, 5.74) is 0.938. The Kier molecular flexibility index (Phi) is 6.12. The van der Waals surface area contributed by atoms with Gasteiger partial charge in [0.1, 0.15) is 11.6 Å². The number of anilines is 2. The van der Waals surface area contributed by atoms with E-state index in [2.05, 4.69) is 15.0 Å². The Morgan fingerprint density at radius 1 is 0.939 bits per heavy atom. The number of benzene rings is 3. The number of rotatable bonds is 6. The minimum absolute atomic E-state index is 0.183. The first-order valence-electron chi connectivity index (χ1n) is 9.40. The van der Waals surface area contributed by atoms with Crippen molar-refractivity contribution < 1.29 is 22.0 Å². The first-order valence-corrected chi connectivity index (χ1v) is 11.3. The van der Waals surface area contributed by atoms with Gasteiger partial charge in [-0.15, -0.1) is 0 Å². The second kappa shape index (κ2) is 9.00. The van der Waals surface area contributed by atoms with Gasteiger partial charge >= 0.3 is 0 Å². The van der Waals surface area contributed by atoms with Crippen LogP contribution in [0.5, 0.6) is 0 Å². The van der Waals surface area contributed by atoms with E-state index < -0.39 is 27.6 Å². The van der Waals surface area contributed by atoms with Crippen molar-refractivity contribution in [1.82, 2.24) is 9.55 Å². The van der Waals surface area contributed by atoms with Crippen LogP contribution in [0.4, 0.5) is 20.2 Å². The highest BCUT2D eigenvalue weighted by atomic mass is 35.5. The van der Waals surface area contributed by atoms with Crippen molar-refractivity contribution in [3.05, 3.63) is 102 Å². The third-order valence-corrected chi connectivity index (χ3v) is 6.26. The topological polar surface area (TPSA) is 93.1 Å². The molecular weight excluding hydrogens is 474 g/mol. The van der Waals surface area contributed by atoms with Crippen molar-refractivity contribution in [1.29, 1.82) is 0 Å². The molecule has 4 rings (SSSR count). The summed E-state index contributed by atoms with van der Waals surface area (Å²) in [5.74, 6) is -1.79. The number of sulfonamides is 1. The Labute approximate surface area is 192 Å². The Morgan fingerprint density at radius 2 is 1.67 bits per heavy atom. The monoisotopic (exact) mass is 488 g/mol. The lowest BCUT2D eigenvalue weighted by atomic mass is 10.2. The van der Waals surface area contributed by atoms with Gasteiger partial charge in [-0.05, 0) is 60.7 Å². The second-order valence-electron chi connectivity index (χ2n) is 6.85.